The molecule has 0 saturated heterocycles. The van der Waals surface area contributed by atoms with Crippen LogP contribution < -0.4 is 27.2 Å². The van der Waals surface area contributed by atoms with Gasteiger partial charge in [-0.1, -0.05) is 19.4 Å². The fourth-order valence-electron chi connectivity index (χ4n) is 3.40. The van der Waals surface area contributed by atoms with E-state index in [4.69, 9.17) is 5.73 Å². The number of nitrogens with two attached hydrogens (primary N) is 1. The number of hydrogen-bond donors (Lipinski definition) is 3. The predicted molar refractivity (Wildman–Crippen MR) is 126 cm³/mol. The minimum atomic E-state index is -0.651. The molecule has 2 aromatic rings. The van der Waals surface area contributed by atoms with Crippen LogP contribution in [0.5, 0.6) is 0 Å². The molecule has 174 valence electrons. The van der Waals surface area contributed by atoms with Crippen LogP contribution >= 0.6 is 0 Å². The van der Waals surface area contributed by atoms with Crippen LogP contribution in [0.25, 0.3) is 0 Å². The normalized spacial score (nSPS) is 10.6. The third-order valence-electron chi connectivity index (χ3n) is 5.16. The average molecular weight is 445 g/mol. The molecule has 0 bridgehead atoms. The molecule has 0 fully saturated rings. The summed E-state index contributed by atoms with van der Waals surface area (Å²) in [6.07, 6.45) is 1.58. The van der Waals surface area contributed by atoms with E-state index in [1.165, 1.54) is 9.47 Å². The van der Waals surface area contributed by atoms with E-state index in [2.05, 4.69) is 10.3 Å². The van der Waals surface area contributed by atoms with Crippen molar-refractivity contribution in [1.29, 1.82) is 0 Å². The molecule has 1 aromatic heterocycles. The van der Waals surface area contributed by atoms with Gasteiger partial charge in [-0.25, -0.2) is 4.79 Å². The third kappa shape index (κ3) is 5.77. The Hall–Kier alpha value is -3.56. The van der Waals surface area contributed by atoms with Crippen LogP contribution in [0.3, 0.4) is 0 Å². The van der Waals surface area contributed by atoms with E-state index in [1.807, 2.05) is 20.8 Å². The molecule has 0 saturated carbocycles. The number of carbonyl (C=O) groups is 2. The number of H-pyrrole nitrogens is 1. The summed E-state index contributed by atoms with van der Waals surface area (Å²) in [5.41, 5.74) is 5.87. The van der Waals surface area contributed by atoms with Crippen molar-refractivity contribution in [3.05, 3.63) is 50.7 Å². The quantitative estimate of drug-likeness (QED) is 0.508. The molecule has 4 N–H and O–H groups in total. The Morgan fingerprint density at radius 2 is 1.84 bits per heavy atom. The molecular weight excluding hydrogens is 412 g/mol. The molecule has 1 heterocycles. The zero-order valence-electron chi connectivity index (χ0n) is 19.1. The molecule has 0 unspecified atom stereocenters. The van der Waals surface area contributed by atoms with E-state index >= 15 is 0 Å². The number of unbranched alkanes of at least 4 members (excludes halogenated alkanes) is 1. The van der Waals surface area contributed by atoms with Crippen LogP contribution in [0, 0.1) is 0 Å². The molecule has 0 aliphatic rings. The Labute approximate surface area is 187 Å². The van der Waals surface area contributed by atoms with E-state index in [-0.39, 0.29) is 24.0 Å². The molecule has 32 heavy (non-hydrogen) atoms. The summed E-state index contributed by atoms with van der Waals surface area (Å²) in [6, 6.07) is 6.69. The fraction of sp³-hybridized carbons (Fsp3) is 0.455. The van der Waals surface area contributed by atoms with Gasteiger partial charge in [-0.3, -0.25) is 23.9 Å². The molecule has 1 aromatic carbocycles. The van der Waals surface area contributed by atoms with Gasteiger partial charge in [0.15, 0.2) is 0 Å². The first-order chi connectivity index (χ1) is 15.2. The number of anilines is 3. The number of amides is 2. The highest BCUT2D eigenvalue weighted by molar-refractivity contribution is 5.98. The number of aromatic nitrogens is 2. The van der Waals surface area contributed by atoms with Crippen LogP contribution in [0.1, 0.15) is 44.0 Å². The van der Waals surface area contributed by atoms with Gasteiger partial charge < -0.3 is 20.9 Å². The van der Waals surface area contributed by atoms with Crippen LogP contribution in [-0.2, 0) is 11.3 Å². The maximum absolute atomic E-state index is 12.6. The topological polar surface area (TPSA) is 134 Å². The fourth-order valence-corrected chi connectivity index (χ4v) is 3.40. The standard InChI is InChI=1S/C22H32N6O4/c1-5-8-12-28-19(23)18(20(30)25-22(28)32)26(4)14-17(29)24-16-11-9-10-15(13-16)21(31)27(6-2)7-3/h9-11,13H,5-8,12,14,23H2,1-4H3,(H,24,29)(H,25,30,32). The van der Waals surface area contributed by atoms with Crippen molar-refractivity contribution in [3.8, 4) is 0 Å². The van der Waals surface area contributed by atoms with Gasteiger partial charge in [-0.05, 0) is 38.5 Å². The molecule has 0 atom stereocenters. The van der Waals surface area contributed by atoms with E-state index in [9.17, 15) is 19.2 Å². The van der Waals surface area contributed by atoms with Crippen molar-refractivity contribution in [3.63, 3.8) is 0 Å². The largest absolute Gasteiger partial charge is 0.383 e. The zero-order chi connectivity index (χ0) is 23.8. The Balaban J connectivity index is 2.17. The third-order valence-corrected chi connectivity index (χ3v) is 5.16. The first-order valence-electron chi connectivity index (χ1n) is 10.8. The zero-order valence-corrected chi connectivity index (χ0v) is 19.1. The lowest BCUT2D eigenvalue weighted by Crippen LogP contribution is -2.39. The molecule has 0 spiro atoms. The summed E-state index contributed by atoms with van der Waals surface area (Å²) in [6.45, 7) is 7.17. The number of benzene rings is 1. The molecule has 2 amide bonds. The minimum absolute atomic E-state index is 0.0225. The van der Waals surface area contributed by atoms with Gasteiger partial charge in [0.2, 0.25) is 5.91 Å². The highest BCUT2D eigenvalue weighted by atomic mass is 16.2. The number of hydrogen-bond acceptors (Lipinski definition) is 6. The van der Waals surface area contributed by atoms with Gasteiger partial charge in [0.05, 0.1) is 6.54 Å². The van der Waals surface area contributed by atoms with Crippen molar-refractivity contribution in [2.75, 3.05) is 42.6 Å². The predicted octanol–water partition coefficient (Wildman–Crippen LogP) is 1.48. The highest BCUT2D eigenvalue weighted by Crippen LogP contribution is 2.16. The van der Waals surface area contributed by atoms with Gasteiger partial charge in [0.25, 0.3) is 11.5 Å². The molecule has 0 aliphatic carbocycles. The van der Waals surface area contributed by atoms with Crippen LogP contribution in [0.2, 0.25) is 0 Å². The Bertz CT molecular complexity index is 1070. The van der Waals surface area contributed by atoms with Crippen molar-refractivity contribution in [2.45, 2.75) is 40.2 Å². The van der Waals surface area contributed by atoms with E-state index < -0.39 is 17.2 Å². The summed E-state index contributed by atoms with van der Waals surface area (Å²) < 4.78 is 1.30. The second kappa shape index (κ2) is 11.2. The van der Waals surface area contributed by atoms with E-state index in [0.29, 0.717) is 30.9 Å². The average Bonchev–Trinajstić information content (AvgIpc) is 2.74. The van der Waals surface area contributed by atoms with Crippen molar-refractivity contribution < 1.29 is 9.59 Å². The number of aromatic amines is 1. The van der Waals surface area contributed by atoms with Crippen molar-refractivity contribution in [1.82, 2.24) is 14.5 Å². The van der Waals surface area contributed by atoms with Crippen LogP contribution in [-0.4, -0.2) is 52.9 Å². The number of rotatable bonds is 10. The number of nitrogens with zero attached hydrogens (tertiary/aromatic N) is 3. The Morgan fingerprint density at radius 3 is 2.47 bits per heavy atom. The lowest BCUT2D eigenvalue weighted by atomic mass is 10.1. The molecule has 0 radical (unpaired) electrons. The van der Waals surface area contributed by atoms with E-state index in [0.717, 1.165) is 12.8 Å². The smallest absolute Gasteiger partial charge is 0.330 e. The van der Waals surface area contributed by atoms with Gasteiger partial charge in [-0.15, -0.1) is 0 Å². The summed E-state index contributed by atoms with van der Waals surface area (Å²) in [7, 11) is 1.55. The van der Waals surface area contributed by atoms with E-state index in [1.54, 1.807) is 36.2 Å². The monoisotopic (exact) mass is 444 g/mol. The summed E-state index contributed by atoms with van der Waals surface area (Å²) in [5.74, 6) is -0.490. The molecular formula is C22H32N6O4. The maximum Gasteiger partial charge on any atom is 0.330 e. The van der Waals surface area contributed by atoms with Crippen LogP contribution in [0.15, 0.2) is 33.9 Å². The number of nitrogen functional groups attached to an aromatic ring is 1. The lowest BCUT2D eigenvalue weighted by Gasteiger charge is -2.21. The van der Waals surface area contributed by atoms with Crippen molar-refractivity contribution in [2.24, 2.45) is 0 Å². The lowest BCUT2D eigenvalue weighted by molar-refractivity contribution is -0.114. The summed E-state index contributed by atoms with van der Waals surface area (Å²) in [5, 5.41) is 2.74. The minimum Gasteiger partial charge on any atom is -0.383 e. The second-order valence-corrected chi connectivity index (χ2v) is 7.46. The summed E-state index contributed by atoms with van der Waals surface area (Å²) >= 11 is 0. The van der Waals surface area contributed by atoms with Gasteiger partial charge >= 0.3 is 5.69 Å². The molecule has 0 aliphatic heterocycles. The van der Waals surface area contributed by atoms with Gasteiger partial charge in [0, 0.05) is 37.9 Å². The number of carbonyl (C=O) groups excluding carboxylic acids is 2. The maximum atomic E-state index is 12.6. The first kappa shape index (κ1) is 24.7. The van der Waals surface area contributed by atoms with Gasteiger partial charge in [0.1, 0.15) is 11.5 Å². The first-order valence-corrected chi connectivity index (χ1v) is 10.8. The molecule has 10 heteroatoms. The molecule has 10 nitrogen and oxygen atoms in total. The summed E-state index contributed by atoms with van der Waals surface area (Å²) in [4.78, 5) is 54.9. The highest BCUT2D eigenvalue weighted by Gasteiger charge is 2.19. The number of likely N-dealkylation sites (N-methyl/N-ethyl adjacent to an activating group) is 1. The Morgan fingerprint density at radius 1 is 1.16 bits per heavy atom. The van der Waals surface area contributed by atoms with Crippen LogP contribution in [0.4, 0.5) is 17.2 Å². The SMILES string of the molecule is CCCCn1c(N)c(N(C)CC(=O)Nc2cccc(C(=O)N(CC)CC)c2)c(=O)[nH]c1=O. The molecule has 2 rings (SSSR count). The number of nitrogens with one attached hydrogen (secondary N) is 2. The van der Waals surface area contributed by atoms with Gasteiger partial charge in [-0.2, -0.15) is 0 Å². The van der Waals surface area contributed by atoms with Crippen molar-refractivity contribution >= 4 is 29.0 Å². The second-order valence-electron chi connectivity index (χ2n) is 7.46. The Kier molecular flexibility index (Phi) is 8.62.